The highest BCUT2D eigenvalue weighted by Gasteiger charge is 2.04. The lowest BCUT2D eigenvalue weighted by Crippen LogP contribution is -1.93. The molecule has 1 aliphatic heterocycles. The molecule has 12 heavy (non-hydrogen) atoms. The van der Waals surface area contributed by atoms with Crippen LogP contribution in [0.5, 0.6) is 0 Å². The predicted molar refractivity (Wildman–Crippen MR) is 52.0 cm³/mol. The van der Waals surface area contributed by atoms with Crippen LogP contribution in [-0.4, -0.2) is 12.8 Å². The monoisotopic (exact) mass is 159 g/mol. The Kier molecular flexibility index (Phi) is 1.94. The van der Waals surface area contributed by atoms with Gasteiger partial charge in [0.05, 0.1) is 0 Å². The highest BCUT2D eigenvalue weighted by Crippen LogP contribution is 2.15. The molecule has 1 aliphatic rings. The van der Waals surface area contributed by atoms with E-state index in [0.717, 1.165) is 6.54 Å². The van der Waals surface area contributed by atoms with Gasteiger partial charge in [-0.15, -0.1) is 0 Å². The minimum atomic E-state index is 0.980. The molecule has 62 valence electrons. The number of aliphatic imine (C=N–C) groups is 1. The average molecular weight is 159 g/mol. The molecule has 0 amide bonds. The third-order valence-electron chi connectivity index (χ3n) is 2.37. The van der Waals surface area contributed by atoms with Crippen molar-refractivity contribution in [3.05, 3.63) is 34.9 Å². The molecule has 0 unspecified atom stereocenters. The molecule has 0 saturated carbocycles. The maximum absolute atomic E-state index is 4.35. The highest BCUT2D eigenvalue weighted by molar-refractivity contribution is 5.84. The van der Waals surface area contributed by atoms with Gasteiger partial charge in [-0.3, -0.25) is 4.99 Å². The largest absolute Gasteiger partial charge is 0.293 e. The van der Waals surface area contributed by atoms with Gasteiger partial charge in [0, 0.05) is 12.8 Å². The van der Waals surface area contributed by atoms with Crippen molar-refractivity contribution in [2.75, 3.05) is 6.54 Å². The van der Waals surface area contributed by atoms with Crippen LogP contribution in [0.4, 0.5) is 0 Å². The quantitative estimate of drug-likeness (QED) is 0.551. The minimum Gasteiger partial charge on any atom is -0.293 e. The Balaban J connectivity index is 2.53. The molecule has 0 spiro atoms. The fraction of sp³-hybridized carbons (Fsp3) is 0.364. The fourth-order valence-electron chi connectivity index (χ4n) is 1.66. The molecule has 0 N–H and O–H groups in total. The predicted octanol–water partition coefficient (Wildman–Crippen LogP) is 2.36. The van der Waals surface area contributed by atoms with Crippen molar-refractivity contribution >= 4 is 6.21 Å². The van der Waals surface area contributed by atoms with E-state index in [-0.39, 0.29) is 0 Å². The van der Waals surface area contributed by atoms with E-state index in [9.17, 15) is 0 Å². The van der Waals surface area contributed by atoms with Gasteiger partial charge in [0.2, 0.25) is 0 Å². The molecular weight excluding hydrogens is 146 g/mol. The summed E-state index contributed by atoms with van der Waals surface area (Å²) in [5.74, 6) is 0. The van der Waals surface area contributed by atoms with Crippen molar-refractivity contribution in [2.45, 2.75) is 19.8 Å². The highest BCUT2D eigenvalue weighted by atomic mass is 14.7. The lowest BCUT2D eigenvalue weighted by Gasteiger charge is -2.04. The zero-order chi connectivity index (χ0) is 8.39. The fourth-order valence-corrected chi connectivity index (χ4v) is 1.66. The van der Waals surface area contributed by atoms with E-state index in [4.69, 9.17) is 0 Å². The van der Waals surface area contributed by atoms with Gasteiger partial charge < -0.3 is 0 Å². The maximum Gasteiger partial charge on any atom is 0.0392 e. The van der Waals surface area contributed by atoms with Gasteiger partial charge in [-0.05, 0) is 36.5 Å². The van der Waals surface area contributed by atoms with Crippen LogP contribution in [0.15, 0.2) is 23.2 Å². The second-order valence-electron chi connectivity index (χ2n) is 3.29. The molecule has 0 radical (unpaired) electrons. The van der Waals surface area contributed by atoms with Gasteiger partial charge in [-0.2, -0.15) is 0 Å². The lowest BCUT2D eigenvalue weighted by atomic mass is 10.0. The van der Waals surface area contributed by atoms with Gasteiger partial charge >= 0.3 is 0 Å². The summed E-state index contributed by atoms with van der Waals surface area (Å²) in [6, 6.07) is 6.49. The first-order valence-corrected chi connectivity index (χ1v) is 4.46. The summed E-state index contributed by atoms with van der Waals surface area (Å²) in [5.41, 5.74) is 4.14. The molecule has 0 saturated heterocycles. The SMILES string of the molecule is Cc1cccc2c1C=NCCC2. The average Bonchev–Trinajstić information content (AvgIpc) is 2.30. The first-order valence-electron chi connectivity index (χ1n) is 4.46. The lowest BCUT2D eigenvalue weighted by molar-refractivity contribution is 0.845. The molecule has 0 aromatic heterocycles. The molecule has 0 fully saturated rings. The number of benzene rings is 1. The summed E-state index contributed by atoms with van der Waals surface area (Å²) >= 11 is 0. The van der Waals surface area contributed by atoms with Crippen LogP contribution in [0.2, 0.25) is 0 Å². The Morgan fingerprint density at radius 3 is 3.17 bits per heavy atom. The van der Waals surface area contributed by atoms with Crippen LogP contribution in [0.25, 0.3) is 0 Å². The third-order valence-corrected chi connectivity index (χ3v) is 2.37. The molecular formula is C11H13N. The van der Waals surface area contributed by atoms with Crippen molar-refractivity contribution in [3.63, 3.8) is 0 Å². The summed E-state index contributed by atoms with van der Waals surface area (Å²) in [4.78, 5) is 4.35. The molecule has 0 atom stereocenters. The van der Waals surface area contributed by atoms with Crippen LogP contribution in [0.1, 0.15) is 23.1 Å². The van der Waals surface area contributed by atoms with Gasteiger partial charge in [-0.25, -0.2) is 0 Å². The van der Waals surface area contributed by atoms with E-state index >= 15 is 0 Å². The number of hydrogen-bond acceptors (Lipinski definition) is 1. The zero-order valence-electron chi connectivity index (χ0n) is 7.38. The van der Waals surface area contributed by atoms with E-state index in [2.05, 4.69) is 30.1 Å². The van der Waals surface area contributed by atoms with E-state index in [0.29, 0.717) is 0 Å². The molecule has 1 heteroatoms. The zero-order valence-corrected chi connectivity index (χ0v) is 7.38. The standard InChI is InChI=1S/C11H13N/c1-9-4-2-5-10-6-3-7-12-8-11(9)10/h2,4-5,8H,3,6-7H2,1H3. The summed E-state index contributed by atoms with van der Waals surface area (Å²) in [6.45, 7) is 3.13. The van der Waals surface area contributed by atoms with Crippen molar-refractivity contribution in [1.82, 2.24) is 0 Å². The number of aryl methyl sites for hydroxylation is 2. The number of nitrogens with zero attached hydrogens (tertiary/aromatic N) is 1. The Morgan fingerprint density at radius 2 is 2.25 bits per heavy atom. The van der Waals surface area contributed by atoms with Crippen LogP contribution in [0, 0.1) is 6.92 Å². The molecule has 2 rings (SSSR count). The molecule has 0 aliphatic carbocycles. The summed E-state index contributed by atoms with van der Waals surface area (Å²) in [6.07, 6.45) is 4.39. The second kappa shape index (κ2) is 3.10. The van der Waals surface area contributed by atoms with Crippen LogP contribution < -0.4 is 0 Å². The first-order chi connectivity index (χ1) is 5.88. The smallest absolute Gasteiger partial charge is 0.0392 e. The molecule has 1 nitrogen and oxygen atoms in total. The first kappa shape index (κ1) is 7.53. The third kappa shape index (κ3) is 1.27. The topological polar surface area (TPSA) is 12.4 Å². The van der Waals surface area contributed by atoms with Gasteiger partial charge in [0.15, 0.2) is 0 Å². The van der Waals surface area contributed by atoms with Crippen molar-refractivity contribution in [2.24, 2.45) is 4.99 Å². The van der Waals surface area contributed by atoms with E-state index < -0.39 is 0 Å². The van der Waals surface area contributed by atoms with Crippen LogP contribution >= 0.6 is 0 Å². The van der Waals surface area contributed by atoms with Gasteiger partial charge in [-0.1, -0.05) is 18.2 Å². The summed E-state index contributed by atoms with van der Waals surface area (Å²) in [5, 5.41) is 0. The van der Waals surface area contributed by atoms with E-state index in [1.54, 1.807) is 0 Å². The maximum atomic E-state index is 4.35. The van der Waals surface area contributed by atoms with Crippen molar-refractivity contribution in [1.29, 1.82) is 0 Å². The number of hydrogen-bond donors (Lipinski definition) is 0. The molecule has 1 heterocycles. The number of fused-ring (bicyclic) bond motifs is 1. The summed E-state index contributed by atoms with van der Waals surface area (Å²) < 4.78 is 0. The molecule has 0 bridgehead atoms. The second-order valence-corrected chi connectivity index (χ2v) is 3.29. The van der Waals surface area contributed by atoms with E-state index in [1.807, 2.05) is 6.21 Å². The Hall–Kier alpha value is -1.11. The Morgan fingerprint density at radius 1 is 1.33 bits per heavy atom. The molecule has 1 aromatic carbocycles. The van der Waals surface area contributed by atoms with Crippen LogP contribution in [0.3, 0.4) is 0 Å². The molecule has 1 aromatic rings. The van der Waals surface area contributed by atoms with Gasteiger partial charge in [0.1, 0.15) is 0 Å². The Bertz CT molecular complexity index is 313. The minimum absolute atomic E-state index is 0.980. The van der Waals surface area contributed by atoms with Crippen LogP contribution in [-0.2, 0) is 6.42 Å². The number of rotatable bonds is 0. The normalized spacial score (nSPS) is 15.4. The van der Waals surface area contributed by atoms with E-state index in [1.165, 1.54) is 29.5 Å². The van der Waals surface area contributed by atoms with Crippen molar-refractivity contribution < 1.29 is 0 Å². The van der Waals surface area contributed by atoms with Gasteiger partial charge in [0.25, 0.3) is 0 Å². The van der Waals surface area contributed by atoms with Crippen molar-refractivity contribution in [3.8, 4) is 0 Å². The Labute approximate surface area is 73.1 Å². The summed E-state index contributed by atoms with van der Waals surface area (Å²) in [7, 11) is 0.